The van der Waals surface area contributed by atoms with Gasteiger partial charge in [0.05, 0.1) is 18.0 Å². The van der Waals surface area contributed by atoms with Crippen molar-refractivity contribution in [2.75, 3.05) is 18.8 Å². The van der Waals surface area contributed by atoms with Gasteiger partial charge in [0.15, 0.2) is 0 Å². The lowest BCUT2D eigenvalue weighted by atomic mass is 9.86. The van der Waals surface area contributed by atoms with E-state index in [0.29, 0.717) is 25.2 Å². The Kier molecular flexibility index (Phi) is 16.4. The van der Waals surface area contributed by atoms with Gasteiger partial charge in [0.2, 0.25) is 0 Å². The van der Waals surface area contributed by atoms with Crippen LogP contribution in [0, 0.1) is 30.4 Å². The lowest BCUT2D eigenvalue weighted by molar-refractivity contribution is 0.0735. The van der Waals surface area contributed by atoms with Crippen molar-refractivity contribution in [1.29, 1.82) is 0 Å². The number of carbonyl (C=O) groups is 1. The molecule has 3 rings (SSSR count). The van der Waals surface area contributed by atoms with E-state index >= 15 is 0 Å². The second-order valence-electron chi connectivity index (χ2n) is 8.14. The molecule has 0 saturated carbocycles. The van der Waals surface area contributed by atoms with E-state index in [-0.39, 0.29) is 34.6 Å². The van der Waals surface area contributed by atoms with E-state index in [4.69, 9.17) is 17.2 Å². The number of allylic oxidation sites excluding steroid dienone is 2. The van der Waals surface area contributed by atoms with Gasteiger partial charge < -0.3 is 22.1 Å². The van der Waals surface area contributed by atoms with Crippen LogP contribution < -0.4 is 17.2 Å². The van der Waals surface area contributed by atoms with Gasteiger partial charge in [-0.25, -0.2) is 18.7 Å². The number of nitrogen functional groups attached to an aromatic ring is 1. The molecule has 1 amide bonds. The maximum absolute atomic E-state index is 14.1. The summed E-state index contributed by atoms with van der Waals surface area (Å²) in [5, 5.41) is 0. The number of halogens is 2. The first-order valence-electron chi connectivity index (χ1n) is 12.8. The third-order valence-corrected chi connectivity index (χ3v) is 5.39. The van der Waals surface area contributed by atoms with Crippen molar-refractivity contribution in [3.63, 3.8) is 0 Å². The molecule has 6 N–H and O–H groups in total. The summed E-state index contributed by atoms with van der Waals surface area (Å²) in [6, 6.07) is 3.60. The van der Waals surface area contributed by atoms with Gasteiger partial charge in [-0.1, -0.05) is 40.2 Å². The number of rotatable bonds is 6. The first kappa shape index (κ1) is 34.1. The Morgan fingerprint density at radius 1 is 1.11 bits per heavy atom. The zero-order valence-electron chi connectivity index (χ0n) is 23.2. The Labute approximate surface area is 226 Å². The Morgan fingerprint density at radius 2 is 1.68 bits per heavy atom. The van der Waals surface area contributed by atoms with Gasteiger partial charge in [-0.15, -0.1) is 12.8 Å². The number of carbonyl (C=O) groups excluding carboxylic acids is 1. The van der Waals surface area contributed by atoms with Gasteiger partial charge in [-0.3, -0.25) is 4.79 Å². The SMILES string of the molecule is C#C.CC.CCC.CCN(CC1CCCC(/C=C(\N)c2c(F)cccc2F)=C1N)C(=O)c1cnc(N)cn1. The smallest absolute Gasteiger partial charge is 0.274 e. The molecule has 9 heteroatoms. The van der Waals surface area contributed by atoms with Gasteiger partial charge >= 0.3 is 0 Å². The van der Waals surface area contributed by atoms with Crippen LogP contribution in [0.4, 0.5) is 14.6 Å². The van der Waals surface area contributed by atoms with Gasteiger partial charge in [0.1, 0.15) is 23.1 Å². The summed E-state index contributed by atoms with van der Waals surface area (Å²) < 4.78 is 28.1. The van der Waals surface area contributed by atoms with Crippen LogP contribution >= 0.6 is 0 Å². The normalized spacial score (nSPS) is 14.6. The molecule has 0 spiro atoms. The molecule has 0 bridgehead atoms. The topological polar surface area (TPSA) is 124 Å². The molecule has 1 heterocycles. The highest BCUT2D eigenvalue weighted by Crippen LogP contribution is 2.31. The third kappa shape index (κ3) is 9.85. The first-order chi connectivity index (χ1) is 18.2. The molecule has 0 radical (unpaired) electrons. The van der Waals surface area contributed by atoms with Crippen LogP contribution in [-0.4, -0.2) is 33.9 Å². The first-order valence-corrected chi connectivity index (χ1v) is 12.8. The van der Waals surface area contributed by atoms with Crippen LogP contribution in [0.3, 0.4) is 0 Å². The summed E-state index contributed by atoms with van der Waals surface area (Å²) in [6.07, 6.45) is 15.7. The molecule has 0 aliphatic heterocycles. The highest BCUT2D eigenvalue weighted by atomic mass is 19.1. The molecule has 1 aromatic heterocycles. The summed E-state index contributed by atoms with van der Waals surface area (Å²) in [6.45, 7) is 11.0. The number of nitrogens with two attached hydrogens (primary N) is 3. The molecule has 2 aromatic rings. The van der Waals surface area contributed by atoms with E-state index < -0.39 is 11.6 Å². The summed E-state index contributed by atoms with van der Waals surface area (Å²) in [7, 11) is 0. The molecule has 0 saturated heterocycles. The van der Waals surface area contributed by atoms with E-state index in [1.807, 2.05) is 20.8 Å². The van der Waals surface area contributed by atoms with Gasteiger partial charge in [0, 0.05) is 30.4 Å². The fourth-order valence-electron chi connectivity index (χ4n) is 3.71. The Morgan fingerprint density at radius 3 is 2.18 bits per heavy atom. The Hall–Kier alpha value is -3.93. The van der Waals surface area contributed by atoms with Crippen molar-refractivity contribution in [2.45, 2.75) is 60.3 Å². The van der Waals surface area contributed by atoms with E-state index in [1.165, 1.54) is 31.0 Å². The lowest BCUT2D eigenvalue weighted by Crippen LogP contribution is -2.38. The highest BCUT2D eigenvalue weighted by molar-refractivity contribution is 5.92. The van der Waals surface area contributed by atoms with Crippen LogP contribution in [0.1, 0.15) is 76.4 Å². The largest absolute Gasteiger partial charge is 0.402 e. The van der Waals surface area contributed by atoms with Gasteiger partial charge in [-0.2, -0.15) is 0 Å². The van der Waals surface area contributed by atoms with Crippen LogP contribution in [0.2, 0.25) is 0 Å². The maximum Gasteiger partial charge on any atom is 0.274 e. The third-order valence-electron chi connectivity index (χ3n) is 5.39. The zero-order valence-corrected chi connectivity index (χ0v) is 23.2. The molecule has 1 aliphatic rings. The lowest BCUT2D eigenvalue weighted by Gasteiger charge is -2.30. The summed E-state index contributed by atoms with van der Waals surface area (Å²) in [5.74, 6) is -1.60. The number of aromatic nitrogens is 2. The zero-order chi connectivity index (χ0) is 29.3. The van der Waals surface area contributed by atoms with Crippen molar-refractivity contribution in [3.05, 3.63) is 70.8 Å². The van der Waals surface area contributed by atoms with Crippen molar-refractivity contribution in [1.82, 2.24) is 14.9 Å². The summed E-state index contributed by atoms with van der Waals surface area (Å²) in [4.78, 5) is 22.4. The maximum atomic E-state index is 14.1. The fourth-order valence-corrected chi connectivity index (χ4v) is 3.71. The monoisotopic (exact) mass is 528 g/mol. The predicted octanol–water partition coefficient (Wildman–Crippen LogP) is 5.50. The average Bonchev–Trinajstić information content (AvgIpc) is 2.92. The van der Waals surface area contributed by atoms with Crippen molar-refractivity contribution in [2.24, 2.45) is 17.4 Å². The van der Waals surface area contributed by atoms with E-state index in [1.54, 1.807) is 4.90 Å². The number of terminal acetylenes is 1. The van der Waals surface area contributed by atoms with Crippen LogP contribution in [0.5, 0.6) is 0 Å². The minimum Gasteiger partial charge on any atom is -0.402 e. The number of anilines is 1. The molecule has 0 fully saturated rings. The quantitative estimate of drug-likeness (QED) is 0.425. The molecule has 1 atom stereocenters. The van der Waals surface area contributed by atoms with Crippen LogP contribution in [-0.2, 0) is 0 Å². The summed E-state index contributed by atoms with van der Waals surface area (Å²) >= 11 is 0. The molecule has 1 unspecified atom stereocenters. The molecule has 1 aliphatic carbocycles. The predicted molar refractivity (Wildman–Crippen MR) is 152 cm³/mol. The molecule has 208 valence electrons. The molecular weight excluding hydrogens is 486 g/mol. The average molecular weight is 529 g/mol. The highest BCUT2D eigenvalue weighted by Gasteiger charge is 2.26. The number of benzene rings is 1. The Balaban J connectivity index is 0.00000179. The van der Waals surface area contributed by atoms with E-state index in [9.17, 15) is 13.6 Å². The molecule has 7 nitrogen and oxygen atoms in total. The standard InChI is InChI=1S/C22H26F2N6O.C3H8.C2H6.C2H2/c1-2-30(22(31)18-10-29-19(26)11-28-18)12-14-6-3-5-13(21(14)27)9-17(25)20-15(23)7-4-8-16(20)24;1-3-2;2*1-2/h4,7-11,14H,2-3,5-6,12,25,27H2,1H3,(H2,26,29);3H2,1-2H3;1-2H3;1-2H/b17-9-;;;. The number of nitrogens with zero attached hydrogens (tertiary/aromatic N) is 3. The van der Waals surface area contributed by atoms with Crippen molar-refractivity contribution >= 4 is 17.4 Å². The van der Waals surface area contributed by atoms with Crippen molar-refractivity contribution in [3.8, 4) is 12.8 Å². The second-order valence-corrected chi connectivity index (χ2v) is 8.14. The minimum atomic E-state index is -0.729. The number of amides is 1. The Bertz CT molecular complexity index is 1060. The van der Waals surface area contributed by atoms with Gasteiger partial charge in [0.25, 0.3) is 5.91 Å². The van der Waals surface area contributed by atoms with E-state index in [2.05, 4.69) is 36.7 Å². The second kappa shape index (κ2) is 18.3. The number of hydrogen-bond acceptors (Lipinski definition) is 6. The molecule has 1 aromatic carbocycles. The minimum absolute atomic E-state index is 0.0187. The van der Waals surface area contributed by atoms with Gasteiger partial charge in [-0.05, 0) is 50.0 Å². The molecule has 38 heavy (non-hydrogen) atoms. The van der Waals surface area contributed by atoms with E-state index in [0.717, 1.165) is 30.5 Å². The number of hydrogen-bond donors (Lipinski definition) is 3. The van der Waals surface area contributed by atoms with Crippen molar-refractivity contribution < 1.29 is 13.6 Å². The van der Waals surface area contributed by atoms with Crippen LogP contribution in [0.15, 0.2) is 47.9 Å². The summed E-state index contributed by atoms with van der Waals surface area (Å²) in [5.41, 5.74) is 19.1. The van der Waals surface area contributed by atoms with Crippen LogP contribution in [0.25, 0.3) is 5.70 Å². The fraction of sp³-hybridized carbons (Fsp3) is 0.414. The molecular formula is C29H42F2N6O.